The van der Waals surface area contributed by atoms with E-state index in [-0.39, 0.29) is 0 Å². The highest BCUT2D eigenvalue weighted by atomic mass is 28.4. The van der Waals surface area contributed by atoms with Gasteiger partial charge in [0.25, 0.3) is 0 Å². The summed E-state index contributed by atoms with van der Waals surface area (Å²) >= 11 is 0. The van der Waals surface area contributed by atoms with Gasteiger partial charge in [0.05, 0.1) is 16.1 Å². The van der Waals surface area contributed by atoms with E-state index in [1.165, 1.54) is 37.8 Å². The Labute approximate surface area is 121 Å². The summed E-state index contributed by atoms with van der Waals surface area (Å²) in [5.41, 5.74) is 1.51. The summed E-state index contributed by atoms with van der Waals surface area (Å²) < 4.78 is 0. The molecule has 19 heavy (non-hydrogen) atoms. The van der Waals surface area contributed by atoms with E-state index >= 15 is 0 Å². The van der Waals surface area contributed by atoms with Crippen LogP contribution in [0.15, 0.2) is 30.3 Å². The van der Waals surface area contributed by atoms with Crippen LogP contribution in [-0.4, -0.2) is 40.3 Å². The minimum absolute atomic E-state index is 1.10. The molecule has 1 aliphatic rings. The SMILES string of the molecule is C[Si](C)(CN1CCCC1)C[Si](C)(C)c1ccccc1. The molecule has 1 nitrogen and oxygen atoms in total. The fourth-order valence-electron chi connectivity index (χ4n) is 3.79. The average Bonchev–Trinajstić information content (AvgIpc) is 2.80. The van der Waals surface area contributed by atoms with E-state index in [1.807, 2.05) is 0 Å². The number of likely N-dealkylation sites (tertiary alicyclic amines) is 1. The van der Waals surface area contributed by atoms with Crippen molar-refractivity contribution in [2.45, 2.75) is 44.7 Å². The molecule has 2 rings (SSSR count). The molecule has 106 valence electrons. The average molecular weight is 292 g/mol. The van der Waals surface area contributed by atoms with Crippen molar-refractivity contribution in [3.05, 3.63) is 30.3 Å². The summed E-state index contributed by atoms with van der Waals surface area (Å²) in [4.78, 5) is 2.72. The molecule has 1 heterocycles. The van der Waals surface area contributed by atoms with Crippen LogP contribution in [0.3, 0.4) is 0 Å². The third kappa shape index (κ3) is 4.30. The molecule has 0 saturated carbocycles. The van der Waals surface area contributed by atoms with Crippen LogP contribution in [0.25, 0.3) is 0 Å². The monoisotopic (exact) mass is 291 g/mol. The molecule has 3 heteroatoms. The van der Waals surface area contributed by atoms with Gasteiger partial charge >= 0.3 is 0 Å². The summed E-state index contributed by atoms with van der Waals surface area (Å²) in [5.74, 6) is 0. The first kappa shape index (κ1) is 15.0. The Kier molecular flexibility index (Phi) is 4.69. The van der Waals surface area contributed by atoms with E-state index in [4.69, 9.17) is 0 Å². The number of hydrogen-bond acceptors (Lipinski definition) is 1. The van der Waals surface area contributed by atoms with Gasteiger partial charge in [0.2, 0.25) is 0 Å². The molecule has 0 aromatic heterocycles. The first-order valence-electron chi connectivity index (χ1n) is 7.67. The van der Waals surface area contributed by atoms with E-state index in [0.29, 0.717) is 0 Å². The molecule has 1 aromatic carbocycles. The Morgan fingerprint density at radius 1 is 0.947 bits per heavy atom. The second-order valence-corrected chi connectivity index (χ2v) is 18.0. The summed E-state index contributed by atoms with van der Waals surface area (Å²) in [5, 5.41) is 1.64. The quantitative estimate of drug-likeness (QED) is 0.751. The molecule has 1 saturated heterocycles. The maximum absolute atomic E-state index is 2.72. The zero-order valence-corrected chi connectivity index (χ0v) is 15.1. The van der Waals surface area contributed by atoms with Crippen molar-refractivity contribution >= 4 is 21.3 Å². The largest absolute Gasteiger partial charge is 0.306 e. The highest BCUT2D eigenvalue weighted by molar-refractivity contribution is 7.01. The minimum atomic E-state index is -1.25. The van der Waals surface area contributed by atoms with Gasteiger partial charge in [-0.25, -0.2) is 0 Å². The molecule has 1 fully saturated rings. The third-order valence-electron chi connectivity index (χ3n) is 4.33. The number of benzene rings is 1. The molecule has 0 N–H and O–H groups in total. The fourth-order valence-corrected chi connectivity index (χ4v) is 17.2. The van der Waals surface area contributed by atoms with Gasteiger partial charge in [-0.05, 0) is 32.1 Å². The predicted molar refractivity (Wildman–Crippen MR) is 91.5 cm³/mol. The molecule has 0 bridgehead atoms. The predicted octanol–water partition coefficient (Wildman–Crippen LogP) is 3.48. The minimum Gasteiger partial charge on any atom is -0.306 e. The lowest BCUT2D eigenvalue weighted by Gasteiger charge is -2.35. The van der Waals surface area contributed by atoms with Crippen molar-refractivity contribution in [3.63, 3.8) is 0 Å². The van der Waals surface area contributed by atoms with Crippen molar-refractivity contribution in [3.8, 4) is 0 Å². The molecule has 1 aromatic rings. The first-order valence-corrected chi connectivity index (χ1v) is 14.3. The van der Waals surface area contributed by atoms with Crippen molar-refractivity contribution in [1.29, 1.82) is 0 Å². The molecule has 0 unspecified atom stereocenters. The number of nitrogens with zero attached hydrogens (tertiary/aromatic N) is 1. The van der Waals surface area contributed by atoms with Gasteiger partial charge in [0.15, 0.2) is 0 Å². The zero-order chi connectivity index (χ0) is 13.9. The molecular formula is C16H29NSi2. The van der Waals surface area contributed by atoms with Crippen LogP contribution in [0, 0.1) is 0 Å². The van der Waals surface area contributed by atoms with Crippen molar-refractivity contribution in [2.24, 2.45) is 0 Å². The molecule has 1 aliphatic heterocycles. The third-order valence-corrected chi connectivity index (χ3v) is 14.9. The molecule has 0 atom stereocenters. The van der Waals surface area contributed by atoms with Gasteiger partial charge in [0, 0.05) is 0 Å². The lowest BCUT2D eigenvalue weighted by Crippen LogP contribution is -2.52. The van der Waals surface area contributed by atoms with Crippen LogP contribution in [0.1, 0.15) is 12.8 Å². The van der Waals surface area contributed by atoms with Crippen LogP contribution >= 0.6 is 0 Å². The lowest BCUT2D eigenvalue weighted by molar-refractivity contribution is 0.389. The Morgan fingerprint density at radius 3 is 2.11 bits per heavy atom. The van der Waals surface area contributed by atoms with Gasteiger partial charge in [0.1, 0.15) is 0 Å². The van der Waals surface area contributed by atoms with E-state index in [1.54, 1.807) is 5.19 Å². The maximum atomic E-state index is 2.72. The smallest absolute Gasteiger partial charge is 0.0781 e. The second-order valence-electron chi connectivity index (χ2n) is 7.57. The molecule has 0 radical (unpaired) electrons. The van der Waals surface area contributed by atoms with Crippen LogP contribution in [0.4, 0.5) is 0 Å². The van der Waals surface area contributed by atoms with Gasteiger partial charge in [-0.3, -0.25) is 0 Å². The summed E-state index contributed by atoms with van der Waals surface area (Å²) in [7, 11) is -2.35. The summed E-state index contributed by atoms with van der Waals surface area (Å²) in [6, 6.07) is 11.3. The van der Waals surface area contributed by atoms with Crippen LogP contribution in [-0.2, 0) is 0 Å². The van der Waals surface area contributed by atoms with Gasteiger partial charge in [-0.2, -0.15) is 0 Å². The van der Waals surface area contributed by atoms with Crippen LogP contribution < -0.4 is 5.19 Å². The van der Waals surface area contributed by atoms with Gasteiger partial charge < -0.3 is 4.90 Å². The number of rotatable bonds is 5. The highest BCUT2D eigenvalue weighted by Crippen LogP contribution is 2.22. The Morgan fingerprint density at radius 2 is 1.53 bits per heavy atom. The lowest BCUT2D eigenvalue weighted by atomic mass is 10.4. The van der Waals surface area contributed by atoms with Crippen molar-refractivity contribution in [2.75, 3.05) is 19.3 Å². The maximum Gasteiger partial charge on any atom is 0.0781 e. The number of hydrogen-bond donors (Lipinski definition) is 0. The Balaban J connectivity index is 2.01. The highest BCUT2D eigenvalue weighted by Gasteiger charge is 2.34. The topological polar surface area (TPSA) is 3.24 Å². The van der Waals surface area contributed by atoms with E-state index in [9.17, 15) is 0 Å². The second kappa shape index (κ2) is 5.94. The Bertz CT molecular complexity index is 394. The van der Waals surface area contributed by atoms with E-state index in [2.05, 4.69) is 61.4 Å². The zero-order valence-electron chi connectivity index (χ0n) is 13.1. The van der Waals surface area contributed by atoms with Crippen molar-refractivity contribution in [1.82, 2.24) is 4.90 Å². The summed E-state index contributed by atoms with van der Waals surface area (Å²) in [6.45, 7) is 13.0. The Hall–Kier alpha value is -0.386. The van der Waals surface area contributed by atoms with Gasteiger partial charge in [-0.15, -0.1) is 0 Å². The molecule has 0 amide bonds. The molecule has 0 spiro atoms. The van der Waals surface area contributed by atoms with Gasteiger partial charge in [-0.1, -0.05) is 67.4 Å². The van der Waals surface area contributed by atoms with Crippen LogP contribution in [0.2, 0.25) is 31.9 Å². The fraction of sp³-hybridized carbons (Fsp3) is 0.625. The normalized spacial score (nSPS) is 17.9. The van der Waals surface area contributed by atoms with E-state index < -0.39 is 16.1 Å². The van der Waals surface area contributed by atoms with E-state index in [0.717, 1.165) is 0 Å². The van der Waals surface area contributed by atoms with Crippen LogP contribution in [0.5, 0.6) is 0 Å². The molecular weight excluding hydrogens is 262 g/mol. The van der Waals surface area contributed by atoms with Crippen molar-refractivity contribution < 1.29 is 0 Å². The standard InChI is InChI=1S/C16H29NSi2/c1-18(2,14-17-12-8-9-13-17)15-19(3,4)16-10-6-5-7-11-16/h5-7,10-11H,8-9,12-15H2,1-4H3. The molecule has 0 aliphatic carbocycles. The summed E-state index contributed by atoms with van der Waals surface area (Å²) in [6.07, 6.45) is 4.25. The first-order chi connectivity index (χ1) is 8.89.